The fourth-order valence-electron chi connectivity index (χ4n) is 4.20. The molecule has 0 saturated heterocycles. The minimum absolute atomic E-state index is 0.0575. The number of hydrogen-bond donors (Lipinski definition) is 1. The smallest absolute Gasteiger partial charge is 0.331 e. The lowest BCUT2D eigenvalue weighted by atomic mass is 9.81. The molecule has 0 aliphatic carbocycles. The molecule has 1 aliphatic rings. The van der Waals surface area contributed by atoms with Crippen molar-refractivity contribution in [2.24, 2.45) is 5.41 Å². The second kappa shape index (κ2) is 11.9. The molecule has 7 heteroatoms. The van der Waals surface area contributed by atoms with E-state index in [4.69, 9.17) is 9.84 Å². The minimum atomic E-state index is -1.21. The number of para-hydroxylation sites is 1. The Morgan fingerprint density at radius 1 is 1.27 bits per heavy atom. The minimum Gasteiger partial charge on any atom is -0.611 e. The summed E-state index contributed by atoms with van der Waals surface area (Å²) in [5.41, 5.74) is 1.97. The number of anilines is 2. The van der Waals surface area contributed by atoms with E-state index in [-0.39, 0.29) is 5.41 Å². The second-order valence-corrected chi connectivity index (χ2v) is 11.1. The van der Waals surface area contributed by atoms with Gasteiger partial charge in [-0.1, -0.05) is 51.8 Å². The molecule has 0 aromatic heterocycles. The van der Waals surface area contributed by atoms with Gasteiger partial charge in [-0.15, -0.1) is 11.8 Å². The van der Waals surface area contributed by atoms with Gasteiger partial charge in [0, 0.05) is 23.7 Å². The van der Waals surface area contributed by atoms with Crippen molar-refractivity contribution in [3.05, 3.63) is 54.8 Å². The Hall–Kier alpha value is -2.09. The molecule has 0 fully saturated rings. The highest BCUT2D eigenvalue weighted by Gasteiger charge is 2.41. The lowest BCUT2D eigenvalue weighted by Crippen LogP contribution is -2.37. The maximum absolute atomic E-state index is 13.7. The number of carbonyl (C=O) groups is 1. The molecule has 0 radical (unpaired) electrons. The highest BCUT2D eigenvalue weighted by atomic mass is 32.2. The van der Waals surface area contributed by atoms with Gasteiger partial charge in [0.2, 0.25) is 0 Å². The van der Waals surface area contributed by atoms with Crippen molar-refractivity contribution >= 4 is 40.3 Å². The van der Waals surface area contributed by atoms with Gasteiger partial charge in [0.15, 0.2) is 4.90 Å². The van der Waals surface area contributed by atoms with Crippen molar-refractivity contribution in [1.82, 2.24) is 0 Å². The molecule has 2 aromatic carbocycles. The number of ether oxygens (including phenoxy) is 1. The average molecular weight is 488 g/mol. The van der Waals surface area contributed by atoms with Crippen LogP contribution in [0, 0.1) is 5.41 Å². The highest BCUT2D eigenvalue weighted by Crippen LogP contribution is 2.47. The molecule has 0 spiro atoms. The summed E-state index contributed by atoms with van der Waals surface area (Å²) in [5, 5.41) is 8.92. The van der Waals surface area contributed by atoms with Crippen molar-refractivity contribution in [2.75, 3.05) is 23.0 Å². The topological polar surface area (TPSA) is 72.8 Å². The van der Waals surface area contributed by atoms with Crippen LogP contribution in [0.4, 0.5) is 11.4 Å². The van der Waals surface area contributed by atoms with Crippen molar-refractivity contribution in [3.8, 4) is 5.75 Å². The highest BCUT2D eigenvalue weighted by molar-refractivity contribution is 7.99. The van der Waals surface area contributed by atoms with Gasteiger partial charge in [-0.2, -0.15) is 0 Å². The van der Waals surface area contributed by atoms with Gasteiger partial charge in [-0.05, 0) is 48.0 Å². The summed E-state index contributed by atoms with van der Waals surface area (Å²) in [6.45, 7) is 7.27. The molecule has 178 valence electrons. The molecule has 3 rings (SSSR count). The van der Waals surface area contributed by atoms with E-state index in [0.29, 0.717) is 11.5 Å². The predicted octanol–water partition coefficient (Wildman–Crippen LogP) is 6.62. The van der Waals surface area contributed by atoms with Crippen molar-refractivity contribution in [2.45, 2.75) is 56.2 Å². The van der Waals surface area contributed by atoms with E-state index in [1.54, 1.807) is 11.8 Å². The zero-order valence-electron chi connectivity index (χ0n) is 19.6. The van der Waals surface area contributed by atoms with E-state index in [1.165, 1.54) is 6.26 Å². The zero-order valence-corrected chi connectivity index (χ0v) is 21.2. The fraction of sp³-hybridized carbons (Fsp3) is 0.423. The summed E-state index contributed by atoms with van der Waals surface area (Å²) in [7, 11) is 0. The van der Waals surface area contributed by atoms with Crippen LogP contribution in [-0.2, 0) is 16.0 Å². The van der Waals surface area contributed by atoms with Gasteiger partial charge in [0.25, 0.3) is 0 Å². The summed E-state index contributed by atoms with van der Waals surface area (Å²) in [6, 6.07) is 14.2. The van der Waals surface area contributed by atoms with Crippen LogP contribution in [0.2, 0.25) is 0 Å². The maximum atomic E-state index is 13.7. The third-order valence-electron chi connectivity index (χ3n) is 6.08. The molecule has 0 saturated carbocycles. The number of carboxylic acid groups (broad SMARTS) is 1. The molecule has 1 heterocycles. The Balaban J connectivity index is 2.15. The van der Waals surface area contributed by atoms with Crippen LogP contribution in [0.25, 0.3) is 0 Å². The zero-order chi connectivity index (χ0) is 23.8. The third kappa shape index (κ3) is 6.28. The first-order valence-electron chi connectivity index (χ1n) is 11.5. The Kier molecular flexibility index (Phi) is 9.18. The van der Waals surface area contributed by atoms with Crippen LogP contribution in [-0.4, -0.2) is 33.7 Å². The van der Waals surface area contributed by atoms with E-state index in [2.05, 4.69) is 43.9 Å². The van der Waals surface area contributed by atoms with Gasteiger partial charge in [-0.3, -0.25) is 0 Å². The first kappa shape index (κ1) is 25.5. The van der Waals surface area contributed by atoms with Gasteiger partial charge >= 0.3 is 5.97 Å². The Morgan fingerprint density at radius 2 is 2.03 bits per heavy atom. The largest absolute Gasteiger partial charge is 0.611 e. The molecular weight excluding hydrogens is 454 g/mol. The van der Waals surface area contributed by atoms with Crippen LogP contribution in [0.5, 0.6) is 5.75 Å². The molecule has 1 aliphatic heterocycles. The van der Waals surface area contributed by atoms with Gasteiger partial charge in [-0.25, -0.2) is 4.79 Å². The number of hydrogen-bond acceptors (Lipinski definition) is 5. The molecule has 33 heavy (non-hydrogen) atoms. The normalized spacial score (nSPS) is 20.5. The van der Waals surface area contributed by atoms with Gasteiger partial charge in [0.1, 0.15) is 11.5 Å². The maximum Gasteiger partial charge on any atom is 0.331 e. The number of rotatable bonds is 10. The predicted molar refractivity (Wildman–Crippen MR) is 137 cm³/mol. The number of unbranched alkanes of at least 4 members (excludes halogenated alkanes) is 1. The van der Waals surface area contributed by atoms with Crippen LogP contribution in [0.3, 0.4) is 0 Å². The van der Waals surface area contributed by atoms with E-state index < -0.39 is 17.1 Å². The van der Waals surface area contributed by atoms with E-state index in [9.17, 15) is 9.35 Å². The third-order valence-corrected chi connectivity index (χ3v) is 8.69. The van der Waals surface area contributed by atoms with Crippen LogP contribution < -0.4 is 9.64 Å². The first-order valence-corrected chi connectivity index (χ1v) is 13.8. The summed E-state index contributed by atoms with van der Waals surface area (Å²) in [5.74, 6) is 0.903. The molecule has 2 unspecified atom stereocenters. The molecule has 0 bridgehead atoms. The van der Waals surface area contributed by atoms with Crippen molar-refractivity contribution in [3.63, 3.8) is 0 Å². The van der Waals surface area contributed by atoms with Gasteiger partial charge < -0.3 is 19.3 Å². The monoisotopic (exact) mass is 487 g/mol. The quantitative estimate of drug-likeness (QED) is 0.176. The number of nitrogens with zero attached hydrogens (tertiary/aromatic N) is 1. The SMILES string of the molecule is CCCCC1(CC)CN(c2ccccc2)c2cc(SCC)c(O/C=C/C(=O)O)cc2[S+]([O-])C1. The Labute approximate surface area is 204 Å². The van der Waals surface area contributed by atoms with E-state index in [1.807, 2.05) is 24.3 Å². The number of aliphatic carboxylic acids is 1. The van der Waals surface area contributed by atoms with Crippen molar-refractivity contribution < 1.29 is 19.2 Å². The lowest BCUT2D eigenvalue weighted by molar-refractivity contribution is -0.131. The number of thioether (sulfide) groups is 1. The molecule has 0 amide bonds. The Morgan fingerprint density at radius 3 is 2.67 bits per heavy atom. The average Bonchev–Trinajstić information content (AvgIpc) is 2.93. The molecule has 5 nitrogen and oxygen atoms in total. The molecular formula is C26H33NO4S2. The lowest BCUT2D eigenvalue weighted by Gasteiger charge is -2.35. The fourth-order valence-corrected chi connectivity index (χ4v) is 6.75. The molecule has 2 atom stereocenters. The first-order chi connectivity index (χ1) is 15.9. The summed E-state index contributed by atoms with van der Waals surface area (Å²) in [4.78, 5) is 14.9. The Bertz CT molecular complexity index is 966. The summed E-state index contributed by atoms with van der Waals surface area (Å²) >= 11 is 0.419. The standard InChI is InChI=1S/C26H33NO4S2/c1-4-7-14-26(5-2)18-27(20-11-9-8-10-12-20)21-16-23(32-6-3)22(31-15-13-25(28)29)17-24(21)33(30)19-26/h8-13,15-17H,4-7,14,18-19H2,1-3H3,(H,28,29)/b15-13+. The number of fused-ring (bicyclic) bond motifs is 1. The van der Waals surface area contributed by atoms with Crippen molar-refractivity contribution in [1.29, 1.82) is 0 Å². The second-order valence-electron chi connectivity index (χ2n) is 8.33. The summed E-state index contributed by atoms with van der Waals surface area (Å²) < 4.78 is 19.4. The molecule has 2 aromatic rings. The van der Waals surface area contributed by atoms with Crippen LogP contribution >= 0.6 is 11.8 Å². The van der Waals surface area contributed by atoms with Gasteiger partial charge in [0.05, 0.1) is 22.9 Å². The van der Waals surface area contributed by atoms with E-state index >= 15 is 0 Å². The summed E-state index contributed by atoms with van der Waals surface area (Å²) in [6.07, 6.45) is 6.34. The van der Waals surface area contributed by atoms with Crippen LogP contribution in [0.1, 0.15) is 46.5 Å². The van der Waals surface area contributed by atoms with Crippen LogP contribution in [0.15, 0.2) is 64.6 Å². The number of benzene rings is 2. The number of carboxylic acids is 1. The molecule has 1 N–H and O–H groups in total. The van der Waals surface area contributed by atoms with E-state index in [0.717, 1.165) is 65.2 Å².